The molecule has 2 aliphatic heterocycles. The van der Waals surface area contributed by atoms with E-state index in [2.05, 4.69) is 15.0 Å². The number of hydrogen-bond acceptors (Lipinski definition) is 6. The van der Waals surface area contributed by atoms with Crippen LogP contribution in [0, 0.1) is 5.41 Å². The number of rotatable bonds is 2. The molecule has 1 aromatic rings. The zero-order valence-corrected chi connectivity index (χ0v) is 11.6. The second-order valence-corrected chi connectivity index (χ2v) is 5.40. The van der Waals surface area contributed by atoms with Gasteiger partial charge in [0.15, 0.2) is 0 Å². The molecular weight excluding hydrogens is 274 g/mol. The molecule has 1 atom stereocenters. The first-order chi connectivity index (χ1) is 10.0. The number of aromatic nitrogens is 1. The predicted octanol–water partition coefficient (Wildman–Crippen LogP) is 0.111. The van der Waals surface area contributed by atoms with Gasteiger partial charge in [0.1, 0.15) is 5.82 Å². The molecule has 2 fully saturated rings. The third kappa shape index (κ3) is 2.24. The maximum Gasteiger partial charge on any atom is 0.339 e. The summed E-state index contributed by atoms with van der Waals surface area (Å²) in [7, 11) is 1.32. The summed E-state index contributed by atoms with van der Waals surface area (Å²) in [6.07, 6.45) is 2.32. The maximum absolute atomic E-state index is 11.9. The van der Waals surface area contributed by atoms with Crippen LogP contribution in [0.1, 0.15) is 23.2 Å². The number of amides is 2. The molecule has 2 amide bonds. The van der Waals surface area contributed by atoms with Crippen LogP contribution in [0.5, 0.6) is 0 Å². The highest BCUT2D eigenvalue weighted by atomic mass is 16.5. The number of hydrogen-bond donors (Lipinski definition) is 1. The van der Waals surface area contributed by atoms with Crippen LogP contribution < -0.4 is 10.2 Å². The second-order valence-electron chi connectivity index (χ2n) is 5.40. The minimum atomic E-state index is -0.625. The Labute approximate surface area is 121 Å². The smallest absolute Gasteiger partial charge is 0.339 e. The van der Waals surface area contributed by atoms with Crippen LogP contribution in [-0.2, 0) is 14.3 Å². The molecule has 7 heteroatoms. The highest BCUT2D eigenvalue weighted by Crippen LogP contribution is 2.38. The number of pyridine rings is 1. The molecule has 3 heterocycles. The van der Waals surface area contributed by atoms with E-state index in [0.29, 0.717) is 30.9 Å². The van der Waals surface area contributed by atoms with Gasteiger partial charge >= 0.3 is 5.97 Å². The van der Waals surface area contributed by atoms with Gasteiger partial charge in [0, 0.05) is 25.7 Å². The molecular formula is C14H15N3O4. The third-order valence-corrected chi connectivity index (χ3v) is 4.08. The lowest BCUT2D eigenvalue weighted by atomic mass is 9.85. The van der Waals surface area contributed by atoms with Gasteiger partial charge in [0.05, 0.1) is 18.1 Å². The lowest BCUT2D eigenvalue weighted by Gasteiger charge is -2.21. The van der Waals surface area contributed by atoms with Crippen LogP contribution in [0.2, 0.25) is 0 Å². The summed E-state index contributed by atoms with van der Waals surface area (Å²) in [4.78, 5) is 40.9. The highest BCUT2D eigenvalue weighted by molar-refractivity contribution is 6.06. The number of carbonyl (C=O) groups is 3. The van der Waals surface area contributed by atoms with Gasteiger partial charge < -0.3 is 9.64 Å². The Balaban J connectivity index is 1.76. The van der Waals surface area contributed by atoms with Crippen molar-refractivity contribution in [1.82, 2.24) is 10.3 Å². The minimum absolute atomic E-state index is 0.193. The minimum Gasteiger partial charge on any atom is -0.465 e. The SMILES string of the molecule is COC(=O)c1ccc(N2CCC3(CC(=O)NC3=O)C2)nc1. The number of imide groups is 1. The Morgan fingerprint density at radius 3 is 2.81 bits per heavy atom. The monoisotopic (exact) mass is 289 g/mol. The summed E-state index contributed by atoms with van der Waals surface area (Å²) in [5.41, 5.74) is -0.247. The number of methoxy groups -OCH3 is 1. The molecule has 2 saturated heterocycles. The third-order valence-electron chi connectivity index (χ3n) is 4.08. The van der Waals surface area contributed by atoms with E-state index in [0.717, 1.165) is 0 Å². The molecule has 0 saturated carbocycles. The predicted molar refractivity (Wildman–Crippen MR) is 72.6 cm³/mol. The quantitative estimate of drug-likeness (QED) is 0.614. The van der Waals surface area contributed by atoms with E-state index in [1.807, 2.05) is 4.90 Å². The summed E-state index contributed by atoms with van der Waals surface area (Å²) in [6, 6.07) is 3.36. The summed E-state index contributed by atoms with van der Waals surface area (Å²) < 4.78 is 4.62. The molecule has 3 rings (SSSR count). The fraction of sp³-hybridized carbons (Fsp3) is 0.429. The van der Waals surface area contributed by atoms with Crippen molar-refractivity contribution in [3.8, 4) is 0 Å². The number of nitrogens with zero attached hydrogens (tertiary/aromatic N) is 2. The van der Waals surface area contributed by atoms with Gasteiger partial charge in [-0.25, -0.2) is 9.78 Å². The van der Waals surface area contributed by atoms with Crippen molar-refractivity contribution >= 4 is 23.6 Å². The largest absolute Gasteiger partial charge is 0.465 e. The summed E-state index contributed by atoms with van der Waals surface area (Å²) in [5.74, 6) is -0.156. The molecule has 1 aromatic heterocycles. The average Bonchev–Trinajstić information content (AvgIpc) is 3.03. The first kappa shape index (κ1) is 13.5. The molecule has 0 bridgehead atoms. The van der Waals surface area contributed by atoms with Crippen LogP contribution >= 0.6 is 0 Å². The molecule has 0 aromatic carbocycles. The van der Waals surface area contributed by atoms with Crippen molar-refractivity contribution < 1.29 is 19.1 Å². The molecule has 1 spiro atoms. The number of ether oxygens (including phenoxy) is 1. The van der Waals surface area contributed by atoms with Gasteiger partial charge in [0.2, 0.25) is 11.8 Å². The van der Waals surface area contributed by atoms with Gasteiger partial charge in [-0.2, -0.15) is 0 Å². The van der Waals surface area contributed by atoms with E-state index in [9.17, 15) is 14.4 Å². The topological polar surface area (TPSA) is 88.6 Å². The molecule has 21 heavy (non-hydrogen) atoms. The van der Waals surface area contributed by atoms with Crippen LogP contribution in [0.25, 0.3) is 0 Å². The Morgan fingerprint density at radius 1 is 1.43 bits per heavy atom. The number of nitrogens with one attached hydrogen (secondary N) is 1. The van der Waals surface area contributed by atoms with Crippen molar-refractivity contribution in [1.29, 1.82) is 0 Å². The maximum atomic E-state index is 11.9. The zero-order chi connectivity index (χ0) is 15.0. The fourth-order valence-corrected chi connectivity index (χ4v) is 2.90. The first-order valence-electron chi connectivity index (χ1n) is 6.68. The lowest BCUT2D eigenvalue weighted by molar-refractivity contribution is -0.127. The molecule has 2 aliphatic rings. The molecule has 7 nitrogen and oxygen atoms in total. The Kier molecular flexibility index (Phi) is 3.12. The van der Waals surface area contributed by atoms with E-state index in [-0.39, 0.29) is 18.2 Å². The Hall–Kier alpha value is -2.44. The van der Waals surface area contributed by atoms with Crippen molar-refractivity contribution in [3.05, 3.63) is 23.9 Å². The molecule has 1 unspecified atom stereocenters. The summed E-state index contributed by atoms with van der Waals surface area (Å²) >= 11 is 0. The van der Waals surface area contributed by atoms with Crippen LogP contribution in [-0.4, -0.2) is 43.0 Å². The van der Waals surface area contributed by atoms with E-state index in [1.54, 1.807) is 12.1 Å². The van der Waals surface area contributed by atoms with Gasteiger partial charge in [-0.15, -0.1) is 0 Å². The lowest BCUT2D eigenvalue weighted by Crippen LogP contribution is -2.34. The van der Waals surface area contributed by atoms with Crippen molar-refractivity contribution in [2.45, 2.75) is 12.8 Å². The normalized spacial score (nSPS) is 24.5. The molecule has 0 radical (unpaired) electrons. The van der Waals surface area contributed by atoms with Gasteiger partial charge in [0.25, 0.3) is 0 Å². The van der Waals surface area contributed by atoms with Crippen LogP contribution in [0.3, 0.4) is 0 Å². The van der Waals surface area contributed by atoms with Crippen LogP contribution in [0.4, 0.5) is 5.82 Å². The second kappa shape index (κ2) is 4.83. The molecule has 1 N–H and O–H groups in total. The summed E-state index contributed by atoms with van der Waals surface area (Å²) in [5, 5.41) is 2.37. The average molecular weight is 289 g/mol. The Bertz CT molecular complexity index is 613. The fourth-order valence-electron chi connectivity index (χ4n) is 2.90. The van der Waals surface area contributed by atoms with Gasteiger partial charge in [-0.1, -0.05) is 0 Å². The standard InChI is InChI=1S/C14H15N3O4/c1-21-12(19)9-2-3-10(15-7-9)17-5-4-14(8-17)6-11(18)16-13(14)20/h2-3,7H,4-6,8H2,1H3,(H,16,18,20). The van der Waals surface area contributed by atoms with Crippen molar-refractivity contribution in [2.24, 2.45) is 5.41 Å². The zero-order valence-electron chi connectivity index (χ0n) is 11.6. The highest BCUT2D eigenvalue weighted by Gasteiger charge is 2.51. The van der Waals surface area contributed by atoms with Crippen molar-refractivity contribution in [3.63, 3.8) is 0 Å². The van der Waals surface area contributed by atoms with E-state index in [4.69, 9.17) is 0 Å². The number of anilines is 1. The van der Waals surface area contributed by atoms with E-state index in [1.165, 1.54) is 13.3 Å². The van der Waals surface area contributed by atoms with Crippen molar-refractivity contribution in [2.75, 3.05) is 25.1 Å². The molecule has 0 aliphatic carbocycles. The Morgan fingerprint density at radius 2 is 2.24 bits per heavy atom. The van der Waals surface area contributed by atoms with Gasteiger partial charge in [-0.05, 0) is 18.6 Å². The summed E-state index contributed by atoms with van der Waals surface area (Å²) in [6.45, 7) is 1.13. The number of esters is 1. The van der Waals surface area contributed by atoms with E-state index >= 15 is 0 Å². The van der Waals surface area contributed by atoms with Crippen LogP contribution in [0.15, 0.2) is 18.3 Å². The number of carbonyl (C=O) groups excluding carboxylic acids is 3. The van der Waals surface area contributed by atoms with E-state index < -0.39 is 11.4 Å². The molecule has 110 valence electrons. The first-order valence-corrected chi connectivity index (χ1v) is 6.68. The van der Waals surface area contributed by atoms with Gasteiger partial charge in [-0.3, -0.25) is 14.9 Å².